The summed E-state index contributed by atoms with van der Waals surface area (Å²) >= 11 is 0. The maximum absolute atomic E-state index is 10.6. The van der Waals surface area contributed by atoms with Gasteiger partial charge in [-0.3, -0.25) is 0 Å². The number of nitrogens with zero attached hydrogens (tertiary/aromatic N) is 2. The van der Waals surface area contributed by atoms with Crippen LogP contribution in [0.3, 0.4) is 0 Å². The Morgan fingerprint density at radius 3 is 2.95 bits per heavy atom. The molecule has 0 aliphatic carbocycles. The van der Waals surface area contributed by atoms with Crippen molar-refractivity contribution in [2.24, 2.45) is 0 Å². The van der Waals surface area contributed by atoms with E-state index in [1.165, 1.54) is 0 Å². The third-order valence-electron chi connectivity index (χ3n) is 2.92. The molecule has 0 aliphatic heterocycles. The molecule has 1 N–H and O–H groups in total. The monoisotopic (exact) mass is 256 g/mol. The maximum atomic E-state index is 10.6. The Hall–Kier alpha value is -2.36. The molecule has 0 unspecified atom stereocenters. The van der Waals surface area contributed by atoms with Gasteiger partial charge in [0.25, 0.3) is 0 Å². The summed E-state index contributed by atoms with van der Waals surface area (Å²) in [5, 5.41) is 8.70. The van der Waals surface area contributed by atoms with Crippen LogP contribution < -0.4 is 0 Å². The van der Waals surface area contributed by atoms with Crippen molar-refractivity contribution in [3.05, 3.63) is 59.7 Å². The summed E-state index contributed by atoms with van der Waals surface area (Å²) in [6.45, 7) is 2.76. The van der Waals surface area contributed by atoms with Gasteiger partial charge in [0.15, 0.2) is 0 Å². The first-order chi connectivity index (χ1) is 9.20. The minimum atomic E-state index is -0.938. The van der Waals surface area contributed by atoms with Crippen molar-refractivity contribution in [2.45, 2.75) is 19.9 Å². The molecular formula is C15H16N2O2. The topological polar surface area (TPSA) is 55.1 Å². The molecule has 1 aromatic carbocycles. The molecule has 0 bridgehead atoms. The quantitative estimate of drug-likeness (QED) is 0.836. The average molecular weight is 256 g/mol. The van der Waals surface area contributed by atoms with Crippen molar-refractivity contribution in [3.8, 4) is 0 Å². The van der Waals surface area contributed by atoms with Gasteiger partial charge in [0.2, 0.25) is 0 Å². The van der Waals surface area contributed by atoms with Crippen molar-refractivity contribution < 1.29 is 9.90 Å². The summed E-state index contributed by atoms with van der Waals surface area (Å²) in [6.07, 6.45) is 7.39. The highest BCUT2D eigenvalue weighted by atomic mass is 16.4. The molecule has 0 aliphatic rings. The molecule has 0 saturated carbocycles. The Bertz CT molecular complexity index is 600. The first kappa shape index (κ1) is 13.1. The average Bonchev–Trinajstić information content (AvgIpc) is 2.85. The van der Waals surface area contributed by atoms with Crippen LogP contribution in [0.15, 0.2) is 42.7 Å². The molecule has 2 rings (SSSR count). The van der Waals surface area contributed by atoms with E-state index >= 15 is 0 Å². The molecule has 0 spiro atoms. The van der Waals surface area contributed by atoms with Crippen molar-refractivity contribution in [2.75, 3.05) is 0 Å². The van der Waals surface area contributed by atoms with Crippen molar-refractivity contribution in [3.63, 3.8) is 0 Å². The number of benzene rings is 1. The van der Waals surface area contributed by atoms with E-state index in [0.717, 1.165) is 29.4 Å². The van der Waals surface area contributed by atoms with Crippen LogP contribution in [0.25, 0.3) is 6.08 Å². The summed E-state index contributed by atoms with van der Waals surface area (Å²) in [7, 11) is 0. The van der Waals surface area contributed by atoms with Crippen LogP contribution in [-0.4, -0.2) is 20.6 Å². The number of carboxylic acid groups (broad SMARTS) is 1. The van der Waals surface area contributed by atoms with Gasteiger partial charge in [0, 0.05) is 31.4 Å². The molecule has 0 fully saturated rings. The first-order valence-electron chi connectivity index (χ1n) is 6.19. The van der Waals surface area contributed by atoms with E-state index < -0.39 is 5.97 Å². The van der Waals surface area contributed by atoms with Gasteiger partial charge in [-0.2, -0.15) is 0 Å². The van der Waals surface area contributed by atoms with Gasteiger partial charge in [-0.1, -0.05) is 31.2 Å². The molecule has 0 amide bonds. The van der Waals surface area contributed by atoms with E-state index in [1.807, 2.05) is 30.5 Å². The van der Waals surface area contributed by atoms with Crippen LogP contribution in [0.2, 0.25) is 0 Å². The van der Waals surface area contributed by atoms with Crippen LogP contribution in [0.1, 0.15) is 23.9 Å². The van der Waals surface area contributed by atoms with E-state index in [-0.39, 0.29) is 0 Å². The number of imidazole rings is 1. The lowest BCUT2D eigenvalue weighted by molar-refractivity contribution is -0.131. The highest BCUT2D eigenvalue weighted by Crippen LogP contribution is 2.13. The lowest BCUT2D eigenvalue weighted by Gasteiger charge is -2.09. The fourth-order valence-electron chi connectivity index (χ4n) is 1.98. The highest BCUT2D eigenvalue weighted by molar-refractivity contribution is 5.85. The first-order valence-corrected chi connectivity index (χ1v) is 6.19. The fraction of sp³-hybridized carbons (Fsp3) is 0.200. The van der Waals surface area contributed by atoms with E-state index in [0.29, 0.717) is 6.54 Å². The normalized spacial score (nSPS) is 11.0. The van der Waals surface area contributed by atoms with Gasteiger partial charge in [-0.15, -0.1) is 0 Å². The third-order valence-corrected chi connectivity index (χ3v) is 2.92. The molecular weight excluding hydrogens is 240 g/mol. The number of hydrogen-bond donors (Lipinski definition) is 1. The smallest absolute Gasteiger partial charge is 0.328 e. The SMILES string of the molecule is CCc1nccn1Cc1ccccc1C=CC(=O)O. The molecule has 0 atom stereocenters. The second-order valence-corrected chi connectivity index (χ2v) is 4.20. The van der Waals surface area contributed by atoms with Gasteiger partial charge in [-0.25, -0.2) is 9.78 Å². The summed E-state index contributed by atoms with van der Waals surface area (Å²) in [5.74, 6) is 0.0868. The molecule has 98 valence electrons. The van der Waals surface area contributed by atoms with Crippen LogP contribution >= 0.6 is 0 Å². The zero-order valence-corrected chi connectivity index (χ0v) is 10.8. The van der Waals surface area contributed by atoms with Gasteiger partial charge < -0.3 is 9.67 Å². The molecule has 1 aromatic heterocycles. The lowest BCUT2D eigenvalue weighted by atomic mass is 10.1. The fourth-order valence-corrected chi connectivity index (χ4v) is 1.98. The molecule has 19 heavy (non-hydrogen) atoms. The van der Waals surface area contributed by atoms with Crippen LogP contribution in [0.4, 0.5) is 0 Å². The number of rotatable bonds is 5. The molecule has 4 nitrogen and oxygen atoms in total. The number of aromatic nitrogens is 2. The number of aryl methyl sites for hydroxylation is 1. The standard InChI is InChI=1S/C15H16N2O2/c1-2-14-16-9-10-17(14)11-13-6-4-3-5-12(13)7-8-15(18)19/h3-10H,2,11H2,1H3,(H,18,19). The van der Waals surface area contributed by atoms with Gasteiger partial charge >= 0.3 is 5.97 Å². The van der Waals surface area contributed by atoms with E-state index in [1.54, 1.807) is 12.3 Å². The highest BCUT2D eigenvalue weighted by Gasteiger charge is 2.04. The Kier molecular flexibility index (Phi) is 4.13. The molecule has 0 saturated heterocycles. The Labute approximate surface area is 112 Å². The number of carbonyl (C=O) groups is 1. The summed E-state index contributed by atoms with van der Waals surface area (Å²) in [4.78, 5) is 14.9. The molecule has 0 radical (unpaired) electrons. The van der Waals surface area contributed by atoms with Gasteiger partial charge in [0.1, 0.15) is 5.82 Å². The summed E-state index contributed by atoms with van der Waals surface area (Å²) in [5.41, 5.74) is 1.99. The maximum Gasteiger partial charge on any atom is 0.328 e. The van der Waals surface area contributed by atoms with Crippen LogP contribution in [0.5, 0.6) is 0 Å². The largest absolute Gasteiger partial charge is 0.478 e. The predicted octanol–water partition coefficient (Wildman–Crippen LogP) is 2.59. The van der Waals surface area contributed by atoms with Crippen molar-refractivity contribution >= 4 is 12.0 Å². The Morgan fingerprint density at radius 1 is 1.42 bits per heavy atom. The second kappa shape index (κ2) is 6.00. The van der Waals surface area contributed by atoms with E-state index in [2.05, 4.69) is 16.5 Å². The zero-order valence-electron chi connectivity index (χ0n) is 10.8. The zero-order chi connectivity index (χ0) is 13.7. The number of hydrogen-bond acceptors (Lipinski definition) is 2. The van der Waals surface area contributed by atoms with Crippen molar-refractivity contribution in [1.29, 1.82) is 0 Å². The predicted molar refractivity (Wildman–Crippen MR) is 73.8 cm³/mol. The number of aliphatic carboxylic acids is 1. The minimum Gasteiger partial charge on any atom is -0.478 e. The second-order valence-electron chi connectivity index (χ2n) is 4.20. The van der Waals surface area contributed by atoms with Crippen molar-refractivity contribution in [1.82, 2.24) is 9.55 Å². The summed E-state index contributed by atoms with van der Waals surface area (Å²) in [6, 6.07) is 7.77. The summed E-state index contributed by atoms with van der Waals surface area (Å²) < 4.78 is 2.08. The van der Waals surface area contributed by atoms with Crippen LogP contribution in [-0.2, 0) is 17.8 Å². The molecule has 4 heteroatoms. The Balaban J connectivity index is 2.27. The third kappa shape index (κ3) is 3.31. The number of carboxylic acids is 1. The van der Waals surface area contributed by atoms with Gasteiger partial charge in [-0.05, 0) is 17.2 Å². The van der Waals surface area contributed by atoms with Crippen LogP contribution in [0, 0.1) is 0 Å². The van der Waals surface area contributed by atoms with Gasteiger partial charge in [0.05, 0.1) is 0 Å². The molecule has 2 aromatic rings. The molecule has 1 heterocycles. The van der Waals surface area contributed by atoms with E-state index in [9.17, 15) is 4.79 Å². The van der Waals surface area contributed by atoms with E-state index in [4.69, 9.17) is 5.11 Å². The Morgan fingerprint density at radius 2 is 2.21 bits per heavy atom. The lowest BCUT2D eigenvalue weighted by Crippen LogP contribution is -2.04. The minimum absolute atomic E-state index is 0.698.